The summed E-state index contributed by atoms with van der Waals surface area (Å²) < 4.78 is 5.88. The molecular weight excluding hydrogens is 508 g/mol. The van der Waals surface area contributed by atoms with Crippen LogP contribution in [-0.2, 0) is 16.1 Å². The quantitative estimate of drug-likeness (QED) is 0.228. The molecule has 4 rings (SSSR count). The molecule has 1 aromatic rings. The highest BCUT2D eigenvalue weighted by Gasteiger charge is 2.34. The molecule has 0 saturated carbocycles. The molecule has 2 saturated heterocycles. The molecule has 2 fully saturated rings. The van der Waals surface area contributed by atoms with E-state index in [1.165, 1.54) is 29.7 Å². The average Bonchev–Trinajstić information content (AvgIpc) is 3.70. The van der Waals surface area contributed by atoms with E-state index in [-0.39, 0.29) is 5.91 Å². The zero-order chi connectivity index (χ0) is 29.0. The first-order valence-corrected chi connectivity index (χ1v) is 16.1. The third-order valence-corrected chi connectivity index (χ3v) is 8.71. The lowest BCUT2D eigenvalue weighted by Gasteiger charge is -2.29. The standard InChI is InChI=1S/C35H52N4O2/c1-4-6-18-39(33-13-9-12-28(21-33)23-36)35(40)26-38-25-29(22-32(38)16-15-31-20-27(3)24-37-31)11-7-8-14-34-30(10-5-2)17-19-41-34/h9-10,12-14,21,24,29,32H,4-8,11,15-20,22-23,25-26,36H2,1-3H3/b30-10-,34-14+. The number of allylic oxidation sites excluding steroid dienone is 4. The van der Waals surface area contributed by atoms with E-state index in [0.717, 1.165) is 94.5 Å². The van der Waals surface area contributed by atoms with Crippen molar-refractivity contribution in [3.63, 3.8) is 0 Å². The highest BCUT2D eigenvalue weighted by molar-refractivity contribution is 5.95. The summed E-state index contributed by atoms with van der Waals surface area (Å²) in [6.45, 7) is 10.0. The van der Waals surface area contributed by atoms with Crippen LogP contribution in [0.1, 0.15) is 97.0 Å². The van der Waals surface area contributed by atoms with E-state index in [9.17, 15) is 4.79 Å². The Morgan fingerprint density at radius 3 is 2.85 bits per heavy atom. The first-order valence-electron chi connectivity index (χ1n) is 16.1. The third kappa shape index (κ3) is 9.14. The Kier molecular flexibility index (Phi) is 12.2. The van der Waals surface area contributed by atoms with Gasteiger partial charge >= 0.3 is 0 Å². The predicted molar refractivity (Wildman–Crippen MR) is 171 cm³/mol. The van der Waals surface area contributed by atoms with Gasteiger partial charge in [0.1, 0.15) is 5.76 Å². The summed E-state index contributed by atoms with van der Waals surface area (Å²) in [5, 5.41) is 0. The average molecular weight is 561 g/mol. The molecule has 0 aliphatic carbocycles. The van der Waals surface area contributed by atoms with E-state index >= 15 is 0 Å². The van der Waals surface area contributed by atoms with Gasteiger partial charge in [-0.05, 0) is 99.1 Å². The molecule has 224 valence electrons. The van der Waals surface area contributed by atoms with Crippen LogP contribution < -0.4 is 10.6 Å². The second-order valence-corrected chi connectivity index (χ2v) is 12.1. The number of carbonyl (C=O) groups excluding carboxylic acids is 1. The largest absolute Gasteiger partial charge is 0.493 e. The summed E-state index contributed by atoms with van der Waals surface area (Å²) in [6.07, 6.45) is 18.4. The van der Waals surface area contributed by atoms with Gasteiger partial charge < -0.3 is 15.4 Å². The number of benzene rings is 1. The number of aliphatic imine (C=N–C) groups is 1. The lowest BCUT2D eigenvalue weighted by Crippen LogP contribution is -2.43. The van der Waals surface area contributed by atoms with Gasteiger partial charge in [0.2, 0.25) is 5.91 Å². The molecule has 41 heavy (non-hydrogen) atoms. The molecular formula is C35H52N4O2. The second-order valence-electron chi connectivity index (χ2n) is 12.1. The van der Waals surface area contributed by atoms with Crippen molar-refractivity contribution in [1.29, 1.82) is 0 Å². The van der Waals surface area contributed by atoms with E-state index in [4.69, 9.17) is 10.5 Å². The first kappa shape index (κ1) is 31.2. The molecule has 2 N–H and O–H groups in total. The van der Waals surface area contributed by atoms with Crippen LogP contribution in [0, 0.1) is 5.92 Å². The molecule has 0 aromatic heterocycles. The fourth-order valence-corrected chi connectivity index (χ4v) is 6.48. The van der Waals surface area contributed by atoms with Crippen LogP contribution in [-0.4, -0.2) is 48.8 Å². The van der Waals surface area contributed by atoms with Crippen molar-refractivity contribution in [2.45, 2.75) is 104 Å². The second kappa shape index (κ2) is 16.1. The van der Waals surface area contributed by atoms with Crippen molar-refractivity contribution in [2.24, 2.45) is 16.6 Å². The van der Waals surface area contributed by atoms with Crippen LogP contribution in [0.4, 0.5) is 5.69 Å². The predicted octanol–water partition coefficient (Wildman–Crippen LogP) is 7.31. The number of unbranched alkanes of at least 4 members (excludes halogenated alkanes) is 2. The number of amides is 1. The van der Waals surface area contributed by atoms with Gasteiger partial charge in [0.05, 0.1) is 13.2 Å². The zero-order valence-electron chi connectivity index (χ0n) is 25.7. The Morgan fingerprint density at radius 1 is 1.22 bits per heavy atom. The van der Waals surface area contributed by atoms with Gasteiger partial charge in [0.15, 0.2) is 0 Å². The van der Waals surface area contributed by atoms with Crippen LogP contribution in [0.25, 0.3) is 0 Å². The SMILES string of the molecule is CC/C=C1/CCO/C1=C/CCCC1CC(CCC2=NC=C(C)C2)N(CC(=O)N(CCCC)c2cccc(CN)c2)C1. The third-order valence-electron chi connectivity index (χ3n) is 8.71. The van der Waals surface area contributed by atoms with Crippen molar-refractivity contribution >= 4 is 17.3 Å². The molecule has 0 radical (unpaired) electrons. The monoisotopic (exact) mass is 560 g/mol. The van der Waals surface area contributed by atoms with Crippen molar-refractivity contribution < 1.29 is 9.53 Å². The molecule has 6 nitrogen and oxygen atoms in total. The Balaban J connectivity index is 1.39. The van der Waals surface area contributed by atoms with Crippen LogP contribution in [0.2, 0.25) is 0 Å². The minimum Gasteiger partial charge on any atom is -0.493 e. The van der Waals surface area contributed by atoms with E-state index in [0.29, 0.717) is 25.0 Å². The summed E-state index contributed by atoms with van der Waals surface area (Å²) >= 11 is 0. The number of likely N-dealkylation sites (tertiary alicyclic amines) is 1. The van der Waals surface area contributed by atoms with Crippen molar-refractivity contribution in [3.05, 3.63) is 65.1 Å². The zero-order valence-corrected chi connectivity index (χ0v) is 25.7. The fraction of sp³-hybridized carbons (Fsp3) is 0.600. The van der Waals surface area contributed by atoms with Crippen molar-refractivity contribution in [3.8, 4) is 0 Å². The normalized spacial score (nSPS) is 22.8. The molecule has 2 atom stereocenters. The summed E-state index contributed by atoms with van der Waals surface area (Å²) in [4.78, 5) is 23.0. The molecule has 6 heteroatoms. The first-order chi connectivity index (χ1) is 20.0. The smallest absolute Gasteiger partial charge is 0.241 e. The Labute approximate surface area is 248 Å². The summed E-state index contributed by atoms with van der Waals surface area (Å²) in [7, 11) is 0. The van der Waals surface area contributed by atoms with Crippen LogP contribution in [0.3, 0.4) is 0 Å². The molecule has 1 aromatic carbocycles. The number of hydrogen-bond acceptors (Lipinski definition) is 5. The maximum atomic E-state index is 13.8. The van der Waals surface area contributed by atoms with E-state index in [2.05, 4.69) is 48.9 Å². The maximum Gasteiger partial charge on any atom is 0.241 e. The lowest BCUT2D eigenvalue weighted by atomic mass is 9.96. The molecule has 0 bridgehead atoms. The van der Waals surface area contributed by atoms with Gasteiger partial charge in [-0.3, -0.25) is 14.7 Å². The molecule has 1 amide bonds. The number of anilines is 1. The summed E-state index contributed by atoms with van der Waals surface area (Å²) in [6, 6.07) is 8.60. The van der Waals surface area contributed by atoms with Gasteiger partial charge in [-0.1, -0.05) is 38.5 Å². The molecule has 3 aliphatic heterocycles. The van der Waals surface area contributed by atoms with Gasteiger partial charge in [0.25, 0.3) is 0 Å². The number of ether oxygens (including phenoxy) is 1. The molecule has 0 spiro atoms. The number of carbonyl (C=O) groups is 1. The van der Waals surface area contributed by atoms with Gasteiger partial charge in [-0.15, -0.1) is 0 Å². The van der Waals surface area contributed by atoms with Crippen molar-refractivity contribution in [1.82, 2.24) is 4.90 Å². The maximum absolute atomic E-state index is 13.8. The summed E-state index contributed by atoms with van der Waals surface area (Å²) in [5.41, 5.74) is 12.0. The number of nitrogens with zero attached hydrogens (tertiary/aromatic N) is 3. The minimum atomic E-state index is 0.201. The number of nitrogens with two attached hydrogens (primary N) is 1. The topological polar surface area (TPSA) is 71.2 Å². The Hall–Kier alpha value is -2.70. The van der Waals surface area contributed by atoms with E-state index in [1.807, 2.05) is 29.3 Å². The van der Waals surface area contributed by atoms with Crippen LogP contribution >= 0.6 is 0 Å². The van der Waals surface area contributed by atoms with Crippen LogP contribution in [0.5, 0.6) is 0 Å². The number of hydrogen-bond donors (Lipinski definition) is 1. The highest BCUT2D eigenvalue weighted by Crippen LogP contribution is 2.32. The van der Waals surface area contributed by atoms with Crippen LogP contribution in [0.15, 0.2) is 64.5 Å². The Morgan fingerprint density at radius 2 is 2.10 bits per heavy atom. The fourth-order valence-electron chi connectivity index (χ4n) is 6.48. The molecule has 3 heterocycles. The van der Waals surface area contributed by atoms with Gasteiger partial charge in [-0.25, -0.2) is 0 Å². The minimum absolute atomic E-state index is 0.201. The van der Waals surface area contributed by atoms with Gasteiger partial charge in [0, 0.05) is 56.1 Å². The highest BCUT2D eigenvalue weighted by atomic mass is 16.5. The lowest BCUT2D eigenvalue weighted by molar-refractivity contribution is -0.120. The van der Waals surface area contributed by atoms with Gasteiger partial charge in [-0.2, -0.15) is 0 Å². The van der Waals surface area contributed by atoms with Crippen molar-refractivity contribution in [2.75, 3.05) is 31.1 Å². The number of rotatable bonds is 15. The molecule has 2 unspecified atom stereocenters. The molecule has 3 aliphatic rings. The Bertz CT molecular complexity index is 1130. The van der Waals surface area contributed by atoms with E-state index < -0.39 is 0 Å². The summed E-state index contributed by atoms with van der Waals surface area (Å²) in [5.74, 6) is 1.93. The van der Waals surface area contributed by atoms with E-state index in [1.54, 1.807) is 0 Å².